The first-order valence-corrected chi connectivity index (χ1v) is 5.62. The lowest BCUT2D eigenvalue weighted by molar-refractivity contribution is -0.149. The molecule has 0 spiro atoms. The van der Waals surface area contributed by atoms with Crippen LogP contribution in [-0.4, -0.2) is 18.7 Å². The van der Waals surface area contributed by atoms with Crippen molar-refractivity contribution in [3.8, 4) is 5.75 Å². The summed E-state index contributed by atoms with van der Waals surface area (Å²) < 4.78 is 23.6. The molecule has 1 unspecified atom stereocenters. The van der Waals surface area contributed by atoms with Crippen molar-refractivity contribution in [2.24, 2.45) is 0 Å². The van der Waals surface area contributed by atoms with Gasteiger partial charge in [-0.25, -0.2) is 9.18 Å². The number of rotatable bonds is 5. The van der Waals surface area contributed by atoms with E-state index in [9.17, 15) is 9.18 Å². The summed E-state index contributed by atoms with van der Waals surface area (Å²) in [5, 5.41) is 0. The Morgan fingerprint density at radius 3 is 2.35 bits per heavy atom. The highest BCUT2D eigenvalue weighted by Gasteiger charge is 2.20. The van der Waals surface area contributed by atoms with Gasteiger partial charge in [0.15, 0.2) is 0 Å². The summed E-state index contributed by atoms with van der Waals surface area (Å²) in [5.41, 5.74) is 0.277. The fourth-order valence-corrected chi connectivity index (χ4v) is 1.34. The predicted octanol–water partition coefficient (Wildman–Crippen LogP) is 3.05. The minimum atomic E-state index is -1.73. The molecular formula is C13H17FO3. The molecule has 0 aliphatic heterocycles. The summed E-state index contributed by atoms with van der Waals surface area (Å²) >= 11 is 0. The van der Waals surface area contributed by atoms with E-state index >= 15 is 0 Å². The van der Waals surface area contributed by atoms with Gasteiger partial charge in [0, 0.05) is 0 Å². The summed E-state index contributed by atoms with van der Waals surface area (Å²) in [6, 6.07) is 6.33. The Bertz CT molecular complexity index is 359. The number of ether oxygens (including phenoxy) is 2. The molecule has 0 aliphatic rings. The van der Waals surface area contributed by atoms with E-state index in [1.165, 1.54) is 12.1 Å². The van der Waals surface area contributed by atoms with Crippen LogP contribution < -0.4 is 4.74 Å². The second-order valence-electron chi connectivity index (χ2n) is 3.85. The molecule has 1 atom stereocenters. The van der Waals surface area contributed by atoms with Gasteiger partial charge in [-0.1, -0.05) is 12.1 Å². The molecule has 0 saturated carbocycles. The predicted molar refractivity (Wildman–Crippen MR) is 62.7 cm³/mol. The van der Waals surface area contributed by atoms with Crippen LogP contribution in [0.25, 0.3) is 0 Å². The topological polar surface area (TPSA) is 35.5 Å². The van der Waals surface area contributed by atoms with Crippen LogP contribution in [0.15, 0.2) is 24.3 Å². The zero-order chi connectivity index (χ0) is 12.8. The second kappa shape index (κ2) is 6.23. The Hall–Kier alpha value is -1.58. The van der Waals surface area contributed by atoms with E-state index in [2.05, 4.69) is 4.74 Å². The zero-order valence-electron chi connectivity index (χ0n) is 10.3. The molecule has 4 heteroatoms. The molecule has 0 amide bonds. The Kier molecular flexibility index (Phi) is 4.94. The third-order valence-corrected chi connectivity index (χ3v) is 2.04. The average Bonchev–Trinajstić information content (AvgIpc) is 2.28. The molecule has 0 bridgehead atoms. The third kappa shape index (κ3) is 4.06. The van der Waals surface area contributed by atoms with Gasteiger partial charge in [-0.15, -0.1) is 0 Å². The number of halogens is 1. The molecule has 0 fully saturated rings. The maximum absolute atomic E-state index is 13.6. The molecule has 1 rings (SSSR count). The monoisotopic (exact) mass is 240 g/mol. The first-order valence-electron chi connectivity index (χ1n) is 5.62. The Balaban J connectivity index is 2.70. The van der Waals surface area contributed by atoms with Gasteiger partial charge in [-0.2, -0.15) is 0 Å². The fraction of sp³-hybridized carbons (Fsp3) is 0.462. The highest BCUT2D eigenvalue weighted by Crippen LogP contribution is 2.22. The first kappa shape index (κ1) is 13.5. The first-order chi connectivity index (χ1) is 8.04. The minimum Gasteiger partial charge on any atom is -0.491 e. The largest absolute Gasteiger partial charge is 0.491 e. The standard InChI is InChI=1S/C13H17FO3/c1-4-16-13(15)12(14)10-5-7-11(8-6-10)17-9(2)3/h5-9,12H,4H2,1-3H3. The van der Waals surface area contributed by atoms with Gasteiger partial charge in [0.2, 0.25) is 6.17 Å². The van der Waals surface area contributed by atoms with Crippen LogP contribution in [0, 0.1) is 0 Å². The van der Waals surface area contributed by atoms with E-state index < -0.39 is 12.1 Å². The molecule has 1 aromatic rings. The van der Waals surface area contributed by atoms with Gasteiger partial charge in [-0.05, 0) is 38.5 Å². The van der Waals surface area contributed by atoms with Crippen LogP contribution in [-0.2, 0) is 9.53 Å². The van der Waals surface area contributed by atoms with E-state index in [1.807, 2.05) is 13.8 Å². The van der Waals surface area contributed by atoms with E-state index in [4.69, 9.17) is 4.74 Å². The van der Waals surface area contributed by atoms with Crippen LogP contribution in [0.5, 0.6) is 5.75 Å². The van der Waals surface area contributed by atoms with Gasteiger partial charge < -0.3 is 9.47 Å². The van der Waals surface area contributed by atoms with E-state index in [0.29, 0.717) is 5.75 Å². The summed E-state index contributed by atoms with van der Waals surface area (Å²) in [7, 11) is 0. The zero-order valence-corrected chi connectivity index (χ0v) is 10.3. The van der Waals surface area contributed by atoms with Gasteiger partial charge in [0.05, 0.1) is 12.7 Å². The molecular weight excluding hydrogens is 223 g/mol. The van der Waals surface area contributed by atoms with Crippen molar-refractivity contribution < 1.29 is 18.7 Å². The summed E-state index contributed by atoms with van der Waals surface area (Å²) in [6.07, 6.45) is -1.67. The van der Waals surface area contributed by atoms with E-state index in [-0.39, 0.29) is 18.3 Å². The summed E-state index contributed by atoms with van der Waals surface area (Å²) in [5.74, 6) is -0.204. The van der Waals surface area contributed by atoms with Gasteiger partial charge >= 0.3 is 5.97 Å². The highest BCUT2D eigenvalue weighted by molar-refractivity contribution is 5.76. The number of carbonyl (C=O) groups is 1. The number of alkyl halides is 1. The Morgan fingerprint density at radius 2 is 1.88 bits per heavy atom. The number of carbonyl (C=O) groups excluding carboxylic acids is 1. The average molecular weight is 240 g/mol. The maximum atomic E-state index is 13.6. The Labute approximate surface area is 101 Å². The second-order valence-corrected chi connectivity index (χ2v) is 3.85. The van der Waals surface area contributed by atoms with Gasteiger partial charge in [0.25, 0.3) is 0 Å². The molecule has 0 heterocycles. The molecule has 3 nitrogen and oxygen atoms in total. The molecule has 0 aromatic heterocycles. The van der Waals surface area contributed by atoms with E-state index in [1.54, 1.807) is 19.1 Å². The number of esters is 1. The lowest BCUT2D eigenvalue weighted by atomic mass is 10.1. The van der Waals surface area contributed by atoms with Crippen molar-refractivity contribution >= 4 is 5.97 Å². The fourth-order valence-electron chi connectivity index (χ4n) is 1.34. The normalized spacial score (nSPS) is 12.3. The van der Waals surface area contributed by atoms with Crippen molar-refractivity contribution in [2.75, 3.05) is 6.61 Å². The summed E-state index contributed by atoms with van der Waals surface area (Å²) in [6.45, 7) is 5.63. The Morgan fingerprint density at radius 1 is 1.29 bits per heavy atom. The van der Waals surface area contributed by atoms with Gasteiger partial charge in [0.1, 0.15) is 5.75 Å². The van der Waals surface area contributed by atoms with Crippen molar-refractivity contribution in [3.63, 3.8) is 0 Å². The van der Waals surface area contributed by atoms with Crippen LogP contribution in [0.3, 0.4) is 0 Å². The number of hydrogen-bond acceptors (Lipinski definition) is 3. The van der Waals surface area contributed by atoms with Crippen LogP contribution >= 0.6 is 0 Å². The highest BCUT2D eigenvalue weighted by atomic mass is 19.1. The lowest BCUT2D eigenvalue weighted by Gasteiger charge is -2.11. The van der Waals surface area contributed by atoms with Crippen molar-refractivity contribution in [3.05, 3.63) is 29.8 Å². The van der Waals surface area contributed by atoms with Crippen molar-refractivity contribution in [1.29, 1.82) is 0 Å². The van der Waals surface area contributed by atoms with Crippen LogP contribution in [0.1, 0.15) is 32.5 Å². The molecule has 0 radical (unpaired) electrons. The maximum Gasteiger partial charge on any atom is 0.345 e. The number of hydrogen-bond donors (Lipinski definition) is 0. The molecule has 94 valence electrons. The quantitative estimate of drug-likeness (QED) is 0.742. The summed E-state index contributed by atoms with van der Waals surface area (Å²) in [4.78, 5) is 11.2. The van der Waals surface area contributed by atoms with Crippen molar-refractivity contribution in [1.82, 2.24) is 0 Å². The SMILES string of the molecule is CCOC(=O)C(F)c1ccc(OC(C)C)cc1. The van der Waals surface area contributed by atoms with Crippen LogP contribution in [0.2, 0.25) is 0 Å². The van der Waals surface area contributed by atoms with Crippen molar-refractivity contribution in [2.45, 2.75) is 33.0 Å². The molecule has 0 aliphatic carbocycles. The molecule has 1 aromatic carbocycles. The van der Waals surface area contributed by atoms with Crippen LogP contribution in [0.4, 0.5) is 4.39 Å². The molecule has 0 N–H and O–H groups in total. The smallest absolute Gasteiger partial charge is 0.345 e. The van der Waals surface area contributed by atoms with E-state index in [0.717, 1.165) is 0 Å². The third-order valence-electron chi connectivity index (χ3n) is 2.04. The van der Waals surface area contributed by atoms with Gasteiger partial charge in [-0.3, -0.25) is 0 Å². The minimum absolute atomic E-state index is 0.0621. The lowest BCUT2D eigenvalue weighted by Crippen LogP contribution is -2.12. The molecule has 0 saturated heterocycles. The number of benzene rings is 1. The molecule has 17 heavy (non-hydrogen) atoms.